The van der Waals surface area contributed by atoms with Crippen molar-refractivity contribution in [3.63, 3.8) is 0 Å². The van der Waals surface area contributed by atoms with Crippen LogP contribution in [0.15, 0.2) is 29.3 Å². The molecule has 3 rings (SSSR count). The zero-order valence-corrected chi connectivity index (χ0v) is 13.2. The highest BCUT2D eigenvalue weighted by atomic mass is 16.7. The van der Waals surface area contributed by atoms with E-state index >= 15 is 0 Å². The van der Waals surface area contributed by atoms with Gasteiger partial charge in [0.25, 0.3) is 0 Å². The fourth-order valence-corrected chi connectivity index (χ4v) is 2.40. The van der Waals surface area contributed by atoms with Gasteiger partial charge in [0.05, 0.1) is 17.8 Å². The zero-order valence-electron chi connectivity index (χ0n) is 13.2. The molecule has 0 unspecified atom stereocenters. The molecule has 0 N–H and O–H groups in total. The highest BCUT2D eigenvalue weighted by molar-refractivity contribution is 6.62. The first kappa shape index (κ1) is 14.6. The van der Waals surface area contributed by atoms with Gasteiger partial charge in [-0.05, 0) is 45.3 Å². The van der Waals surface area contributed by atoms with Gasteiger partial charge in [0.2, 0.25) is 5.90 Å². The number of benzene rings is 1. The first-order valence-corrected chi connectivity index (χ1v) is 7.52. The Morgan fingerprint density at radius 2 is 1.62 bits per heavy atom. The summed E-state index contributed by atoms with van der Waals surface area (Å²) < 4.78 is 17.7. The van der Waals surface area contributed by atoms with E-state index in [1.165, 1.54) is 0 Å². The van der Waals surface area contributed by atoms with E-state index in [0.29, 0.717) is 0 Å². The van der Waals surface area contributed by atoms with Gasteiger partial charge in [-0.1, -0.05) is 12.1 Å². The van der Waals surface area contributed by atoms with Crippen LogP contribution in [0.4, 0.5) is 0 Å². The topological polar surface area (TPSA) is 40.0 Å². The van der Waals surface area contributed by atoms with Crippen LogP contribution in [0.3, 0.4) is 0 Å². The Morgan fingerprint density at radius 1 is 1.00 bits per heavy atom. The molecule has 2 aliphatic rings. The average molecular weight is 287 g/mol. The average Bonchev–Trinajstić information content (AvgIpc) is 2.69. The molecular formula is C16H22BNO3. The van der Waals surface area contributed by atoms with Crippen LogP contribution < -0.4 is 5.46 Å². The van der Waals surface area contributed by atoms with E-state index in [-0.39, 0.29) is 18.3 Å². The summed E-state index contributed by atoms with van der Waals surface area (Å²) in [7, 11) is -0.321. The second kappa shape index (κ2) is 5.14. The lowest BCUT2D eigenvalue weighted by atomic mass is 9.79. The molecule has 1 fully saturated rings. The van der Waals surface area contributed by atoms with Crippen LogP contribution in [0, 0.1) is 0 Å². The molecule has 0 amide bonds. The summed E-state index contributed by atoms with van der Waals surface area (Å²) in [6.45, 7) is 9.84. The van der Waals surface area contributed by atoms with E-state index in [1.54, 1.807) is 0 Å². The first-order valence-electron chi connectivity index (χ1n) is 7.52. The maximum Gasteiger partial charge on any atom is 0.494 e. The molecule has 21 heavy (non-hydrogen) atoms. The maximum atomic E-state index is 6.05. The second-order valence-electron chi connectivity index (χ2n) is 6.60. The predicted molar refractivity (Wildman–Crippen MR) is 84.1 cm³/mol. The smallest absolute Gasteiger partial charge is 0.477 e. The molecular weight excluding hydrogens is 265 g/mol. The summed E-state index contributed by atoms with van der Waals surface area (Å²) in [6, 6.07) is 8.09. The minimum absolute atomic E-state index is 0.313. The van der Waals surface area contributed by atoms with Crippen molar-refractivity contribution in [1.82, 2.24) is 0 Å². The summed E-state index contributed by atoms with van der Waals surface area (Å²) in [5, 5.41) is 0. The van der Waals surface area contributed by atoms with Gasteiger partial charge in [0, 0.05) is 18.5 Å². The van der Waals surface area contributed by atoms with Gasteiger partial charge in [-0.3, -0.25) is 4.99 Å². The number of ether oxygens (including phenoxy) is 1. The molecule has 1 saturated heterocycles. The molecule has 4 nitrogen and oxygen atoms in total. The SMILES string of the molecule is CC1(C)OB(c2ccc(C3=NCCCO3)cc2)OC1(C)C. The van der Waals surface area contributed by atoms with Crippen molar-refractivity contribution in [3.8, 4) is 0 Å². The minimum Gasteiger partial charge on any atom is -0.477 e. The van der Waals surface area contributed by atoms with Crippen LogP contribution in [-0.2, 0) is 14.0 Å². The normalized spacial score (nSPS) is 23.6. The standard InChI is InChI=1S/C16H22BNO3/c1-15(2)16(3,4)21-17(20-15)13-8-6-12(7-9-13)14-18-10-5-11-19-14/h6-9H,5,10-11H2,1-4H3. The molecule has 2 heterocycles. The number of nitrogens with zero attached hydrogens (tertiary/aromatic N) is 1. The third-order valence-corrected chi connectivity index (χ3v) is 4.48. The third kappa shape index (κ3) is 2.72. The Morgan fingerprint density at radius 3 is 2.14 bits per heavy atom. The van der Waals surface area contributed by atoms with Crippen LogP contribution in [0.1, 0.15) is 39.7 Å². The molecule has 0 bridgehead atoms. The van der Waals surface area contributed by atoms with Crippen molar-refractivity contribution >= 4 is 18.5 Å². The summed E-state index contributed by atoms with van der Waals surface area (Å²) >= 11 is 0. The van der Waals surface area contributed by atoms with Gasteiger partial charge < -0.3 is 14.0 Å². The predicted octanol–water partition coefficient (Wildman–Crippen LogP) is 2.15. The first-order chi connectivity index (χ1) is 9.89. The van der Waals surface area contributed by atoms with Gasteiger partial charge >= 0.3 is 7.12 Å². The van der Waals surface area contributed by atoms with Crippen molar-refractivity contribution in [2.45, 2.75) is 45.3 Å². The molecule has 5 heteroatoms. The molecule has 0 radical (unpaired) electrons. The molecule has 112 valence electrons. The molecule has 1 aromatic carbocycles. The van der Waals surface area contributed by atoms with E-state index in [0.717, 1.165) is 36.5 Å². The largest absolute Gasteiger partial charge is 0.494 e. The van der Waals surface area contributed by atoms with E-state index in [9.17, 15) is 0 Å². The molecule has 0 aromatic heterocycles. The molecule has 0 aliphatic carbocycles. The van der Waals surface area contributed by atoms with Crippen LogP contribution >= 0.6 is 0 Å². The van der Waals surface area contributed by atoms with E-state index in [2.05, 4.69) is 32.7 Å². The molecule has 1 aromatic rings. The van der Waals surface area contributed by atoms with Crippen LogP contribution in [0.5, 0.6) is 0 Å². The van der Waals surface area contributed by atoms with Gasteiger partial charge in [0.15, 0.2) is 0 Å². The van der Waals surface area contributed by atoms with Crippen molar-refractivity contribution in [2.75, 3.05) is 13.2 Å². The van der Waals surface area contributed by atoms with E-state index < -0.39 is 0 Å². The van der Waals surface area contributed by atoms with E-state index in [1.807, 2.05) is 24.3 Å². The summed E-state index contributed by atoms with van der Waals surface area (Å²) in [5.74, 6) is 0.738. The highest BCUT2D eigenvalue weighted by Gasteiger charge is 2.51. The fourth-order valence-electron chi connectivity index (χ4n) is 2.40. The van der Waals surface area contributed by atoms with Crippen molar-refractivity contribution < 1.29 is 14.0 Å². The van der Waals surface area contributed by atoms with Crippen LogP contribution in [0.25, 0.3) is 0 Å². The van der Waals surface area contributed by atoms with Crippen LogP contribution in [0.2, 0.25) is 0 Å². The van der Waals surface area contributed by atoms with Gasteiger partial charge in [-0.25, -0.2) is 0 Å². The summed E-state index contributed by atoms with van der Waals surface area (Å²) in [6.07, 6.45) is 0.996. The highest BCUT2D eigenvalue weighted by Crippen LogP contribution is 2.36. The zero-order chi connectivity index (χ0) is 15.1. The monoisotopic (exact) mass is 287 g/mol. The Kier molecular flexibility index (Phi) is 3.58. The molecule has 2 aliphatic heterocycles. The quantitative estimate of drug-likeness (QED) is 0.782. The van der Waals surface area contributed by atoms with Gasteiger partial charge in [-0.15, -0.1) is 0 Å². The molecule has 0 atom stereocenters. The van der Waals surface area contributed by atoms with E-state index in [4.69, 9.17) is 14.0 Å². The van der Waals surface area contributed by atoms with Crippen LogP contribution in [-0.4, -0.2) is 37.4 Å². The Labute approximate surface area is 126 Å². The lowest BCUT2D eigenvalue weighted by molar-refractivity contribution is 0.00578. The van der Waals surface area contributed by atoms with Crippen molar-refractivity contribution in [3.05, 3.63) is 29.8 Å². The maximum absolute atomic E-state index is 6.05. The fraction of sp³-hybridized carbons (Fsp3) is 0.562. The lowest BCUT2D eigenvalue weighted by Gasteiger charge is -2.32. The minimum atomic E-state index is -0.321. The van der Waals surface area contributed by atoms with Crippen molar-refractivity contribution in [2.24, 2.45) is 4.99 Å². The van der Waals surface area contributed by atoms with Crippen molar-refractivity contribution in [1.29, 1.82) is 0 Å². The number of aliphatic imine (C=N–C) groups is 1. The number of hydrogen-bond donors (Lipinski definition) is 0. The Balaban J connectivity index is 1.78. The lowest BCUT2D eigenvalue weighted by Crippen LogP contribution is -2.41. The summed E-state index contributed by atoms with van der Waals surface area (Å²) in [4.78, 5) is 4.40. The van der Waals surface area contributed by atoms with Gasteiger partial charge in [-0.2, -0.15) is 0 Å². The Bertz CT molecular complexity index is 535. The number of hydrogen-bond acceptors (Lipinski definition) is 4. The number of rotatable bonds is 2. The van der Waals surface area contributed by atoms with Gasteiger partial charge in [0.1, 0.15) is 0 Å². The third-order valence-electron chi connectivity index (χ3n) is 4.48. The molecule has 0 saturated carbocycles. The molecule has 0 spiro atoms. The summed E-state index contributed by atoms with van der Waals surface area (Å²) in [5.41, 5.74) is 1.41. The second-order valence-corrected chi connectivity index (χ2v) is 6.60. The Hall–Kier alpha value is -1.33.